The number of ketones is 1. The van der Waals surface area contributed by atoms with E-state index in [-0.39, 0.29) is 17.2 Å². The van der Waals surface area contributed by atoms with Gasteiger partial charge in [0.2, 0.25) is 0 Å². The van der Waals surface area contributed by atoms with Crippen molar-refractivity contribution in [2.45, 2.75) is 6.92 Å². The molecule has 0 fully saturated rings. The Balaban J connectivity index is 2.12. The molecule has 0 atom stereocenters. The molecule has 25 heavy (non-hydrogen) atoms. The van der Waals surface area contributed by atoms with Crippen molar-refractivity contribution in [2.24, 2.45) is 0 Å². The molecule has 0 aliphatic rings. The smallest absolute Gasteiger partial charge is 0.300 e. The monoisotopic (exact) mass is 342 g/mol. The summed E-state index contributed by atoms with van der Waals surface area (Å²) in [5, 5.41) is 21.8. The first kappa shape index (κ1) is 17.6. The van der Waals surface area contributed by atoms with Gasteiger partial charge in [-0.3, -0.25) is 30.4 Å². The number of nitrogens with one attached hydrogen (secondary N) is 2. The maximum absolute atomic E-state index is 12.0. The van der Waals surface area contributed by atoms with Gasteiger partial charge < -0.3 is 5.43 Å². The van der Waals surface area contributed by atoms with Crippen molar-refractivity contribution in [3.8, 4) is 0 Å². The molecule has 0 radical (unpaired) electrons. The summed E-state index contributed by atoms with van der Waals surface area (Å²) in [6.07, 6.45) is 1.33. The number of hydrogen-bond acceptors (Lipinski definition) is 7. The van der Waals surface area contributed by atoms with Crippen molar-refractivity contribution >= 4 is 22.8 Å². The van der Waals surface area contributed by atoms with Crippen LogP contribution in [0.1, 0.15) is 17.3 Å². The Morgan fingerprint density at radius 1 is 1.04 bits per heavy atom. The Morgan fingerprint density at radius 2 is 1.72 bits per heavy atom. The number of non-ortho nitro benzene ring substituents is 1. The summed E-state index contributed by atoms with van der Waals surface area (Å²) in [5.74, 6) is -0.231. The maximum Gasteiger partial charge on any atom is 0.300 e. The predicted octanol–water partition coefficient (Wildman–Crippen LogP) is 3.21. The summed E-state index contributed by atoms with van der Waals surface area (Å²) in [6, 6.07) is 11.8. The van der Waals surface area contributed by atoms with Gasteiger partial charge in [0, 0.05) is 23.4 Å². The SMILES string of the molecule is C/C(=C/C(=O)c1ccccc1)NNc1ccc([N+](=O)[O-])cc1[N+](=O)[O-]. The summed E-state index contributed by atoms with van der Waals surface area (Å²) in [5.41, 5.74) is 5.36. The quantitative estimate of drug-likeness (QED) is 0.342. The van der Waals surface area contributed by atoms with E-state index in [0.717, 1.165) is 12.1 Å². The van der Waals surface area contributed by atoms with Gasteiger partial charge in [-0.15, -0.1) is 0 Å². The fraction of sp³-hybridized carbons (Fsp3) is 0.0625. The number of nitrogens with zero attached hydrogens (tertiary/aromatic N) is 2. The number of hydrogen-bond donors (Lipinski definition) is 2. The van der Waals surface area contributed by atoms with Crippen molar-refractivity contribution in [1.82, 2.24) is 5.43 Å². The lowest BCUT2D eigenvalue weighted by molar-refractivity contribution is -0.393. The molecule has 9 heteroatoms. The Kier molecular flexibility index (Phi) is 5.41. The third kappa shape index (κ3) is 4.61. The first-order valence-corrected chi connectivity index (χ1v) is 7.11. The van der Waals surface area contributed by atoms with Gasteiger partial charge in [0.15, 0.2) is 5.78 Å². The maximum atomic E-state index is 12.0. The van der Waals surface area contributed by atoms with E-state index in [0.29, 0.717) is 11.3 Å². The van der Waals surface area contributed by atoms with Crippen LogP contribution < -0.4 is 10.9 Å². The van der Waals surface area contributed by atoms with E-state index >= 15 is 0 Å². The van der Waals surface area contributed by atoms with E-state index in [1.807, 2.05) is 0 Å². The van der Waals surface area contributed by atoms with Crippen LogP contribution in [0, 0.1) is 20.2 Å². The van der Waals surface area contributed by atoms with Crippen molar-refractivity contribution < 1.29 is 14.6 Å². The molecule has 2 rings (SSSR count). The second kappa shape index (κ2) is 7.68. The standard InChI is InChI=1S/C16H14N4O5/c1-11(9-16(21)12-5-3-2-4-6-12)17-18-14-8-7-13(19(22)23)10-15(14)20(24)25/h2-10,17-18H,1H3/b11-9-. The summed E-state index contributed by atoms with van der Waals surface area (Å²) in [6.45, 7) is 1.60. The highest BCUT2D eigenvalue weighted by Gasteiger charge is 2.19. The Bertz CT molecular complexity index is 849. The van der Waals surface area contributed by atoms with Gasteiger partial charge in [-0.05, 0) is 13.0 Å². The highest BCUT2D eigenvalue weighted by atomic mass is 16.6. The zero-order chi connectivity index (χ0) is 18.4. The second-order valence-corrected chi connectivity index (χ2v) is 5.02. The van der Waals surface area contributed by atoms with Crippen molar-refractivity contribution in [3.05, 3.63) is 86.1 Å². The Morgan fingerprint density at radius 3 is 2.32 bits per heavy atom. The van der Waals surface area contributed by atoms with E-state index in [9.17, 15) is 25.0 Å². The van der Waals surface area contributed by atoms with Crippen LogP contribution in [0.4, 0.5) is 17.1 Å². The number of allylic oxidation sites excluding steroid dienone is 2. The molecule has 0 aromatic heterocycles. The predicted molar refractivity (Wildman–Crippen MR) is 91.0 cm³/mol. The Hall–Kier alpha value is -3.75. The highest BCUT2D eigenvalue weighted by Crippen LogP contribution is 2.28. The lowest BCUT2D eigenvalue weighted by Gasteiger charge is -2.10. The van der Waals surface area contributed by atoms with E-state index in [4.69, 9.17) is 0 Å². The molecule has 0 bridgehead atoms. The van der Waals surface area contributed by atoms with Crippen LogP contribution >= 0.6 is 0 Å². The number of nitro benzene ring substituents is 2. The zero-order valence-electron chi connectivity index (χ0n) is 13.1. The van der Waals surface area contributed by atoms with E-state index < -0.39 is 15.5 Å². The van der Waals surface area contributed by atoms with Crippen molar-refractivity contribution in [2.75, 3.05) is 5.43 Å². The fourth-order valence-corrected chi connectivity index (χ4v) is 1.97. The summed E-state index contributed by atoms with van der Waals surface area (Å²) in [4.78, 5) is 32.3. The molecule has 2 N–H and O–H groups in total. The molecule has 0 spiro atoms. The van der Waals surface area contributed by atoms with Gasteiger partial charge in [0.05, 0.1) is 15.9 Å². The molecule has 0 unspecified atom stereocenters. The fourth-order valence-electron chi connectivity index (χ4n) is 1.97. The van der Waals surface area contributed by atoms with Crippen LogP contribution in [0.3, 0.4) is 0 Å². The molecule has 0 amide bonds. The molecule has 2 aromatic rings. The zero-order valence-corrected chi connectivity index (χ0v) is 13.1. The van der Waals surface area contributed by atoms with Crippen molar-refractivity contribution in [3.63, 3.8) is 0 Å². The number of nitro groups is 2. The van der Waals surface area contributed by atoms with Gasteiger partial charge in [0.1, 0.15) is 5.69 Å². The van der Waals surface area contributed by atoms with Crippen LogP contribution in [0.15, 0.2) is 60.3 Å². The largest absolute Gasteiger partial charge is 0.305 e. The second-order valence-electron chi connectivity index (χ2n) is 5.02. The van der Waals surface area contributed by atoms with Gasteiger partial charge >= 0.3 is 5.69 Å². The van der Waals surface area contributed by atoms with Gasteiger partial charge in [-0.1, -0.05) is 30.3 Å². The third-order valence-electron chi connectivity index (χ3n) is 3.19. The molecule has 0 saturated carbocycles. The van der Waals surface area contributed by atoms with Crippen LogP contribution in [-0.4, -0.2) is 15.6 Å². The lowest BCUT2D eigenvalue weighted by Crippen LogP contribution is -2.21. The summed E-state index contributed by atoms with van der Waals surface area (Å²) in [7, 11) is 0. The molecular weight excluding hydrogens is 328 g/mol. The Labute approximate surface area is 142 Å². The average Bonchev–Trinajstić information content (AvgIpc) is 2.60. The van der Waals surface area contributed by atoms with Gasteiger partial charge in [0.25, 0.3) is 5.69 Å². The number of hydrazine groups is 1. The van der Waals surface area contributed by atoms with E-state index in [2.05, 4.69) is 10.9 Å². The van der Waals surface area contributed by atoms with Crippen LogP contribution in [0.25, 0.3) is 0 Å². The molecule has 0 aliphatic heterocycles. The molecular formula is C16H14N4O5. The third-order valence-corrected chi connectivity index (χ3v) is 3.19. The van der Waals surface area contributed by atoms with Crippen LogP contribution in [0.5, 0.6) is 0 Å². The molecule has 2 aromatic carbocycles. The molecule has 0 saturated heterocycles. The number of carbonyl (C=O) groups is 1. The normalized spacial score (nSPS) is 10.8. The summed E-state index contributed by atoms with van der Waals surface area (Å²) < 4.78 is 0. The van der Waals surface area contributed by atoms with Gasteiger partial charge in [-0.2, -0.15) is 0 Å². The lowest BCUT2D eigenvalue weighted by atomic mass is 10.1. The van der Waals surface area contributed by atoms with Gasteiger partial charge in [-0.25, -0.2) is 0 Å². The average molecular weight is 342 g/mol. The van der Waals surface area contributed by atoms with E-state index in [1.54, 1.807) is 37.3 Å². The number of anilines is 1. The molecule has 0 heterocycles. The minimum absolute atomic E-state index is 0.0375. The van der Waals surface area contributed by atoms with Crippen molar-refractivity contribution in [1.29, 1.82) is 0 Å². The number of benzene rings is 2. The first-order chi connectivity index (χ1) is 11.9. The van der Waals surface area contributed by atoms with Crippen LogP contribution in [-0.2, 0) is 0 Å². The minimum Gasteiger partial charge on any atom is -0.305 e. The molecule has 0 aliphatic carbocycles. The van der Waals surface area contributed by atoms with E-state index in [1.165, 1.54) is 12.1 Å². The highest BCUT2D eigenvalue weighted by molar-refractivity contribution is 6.04. The topological polar surface area (TPSA) is 127 Å². The molecule has 9 nitrogen and oxygen atoms in total. The number of rotatable bonds is 7. The first-order valence-electron chi connectivity index (χ1n) is 7.11. The molecule has 128 valence electrons. The minimum atomic E-state index is -0.731. The number of carbonyl (C=O) groups excluding carboxylic acids is 1. The summed E-state index contributed by atoms with van der Waals surface area (Å²) >= 11 is 0. The van der Waals surface area contributed by atoms with Crippen LogP contribution in [0.2, 0.25) is 0 Å².